The van der Waals surface area contributed by atoms with E-state index in [4.69, 9.17) is 4.74 Å². The summed E-state index contributed by atoms with van der Waals surface area (Å²) in [5.74, 6) is 0.321. The Hall–Kier alpha value is -1.56. The first-order valence-electron chi connectivity index (χ1n) is 5.39. The van der Waals surface area contributed by atoms with Crippen molar-refractivity contribution in [3.63, 3.8) is 0 Å². The molecule has 0 saturated carbocycles. The molecule has 2 rings (SSSR count). The summed E-state index contributed by atoms with van der Waals surface area (Å²) in [4.78, 5) is 24.1. The minimum atomic E-state index is -1.81. The molecule has 1 heterocycles. The van der Waals surface area contributed by atoms with Crippen molar-refractivity contribution in [2.24, 2.45) is 0 Å². The number of nitrogens with zero attached hydrogens (tertiary/aromatic N) is 1. The second-order valence-electron chi connectivity index (χ2n) is 3.74. The zero-order valence-electron chi connectivity index (χ0n) is 9.76. The number of hydrogen-bond acceptors (Lipinski definition) is 4. The SMILES string of the molecule is COc1ccc(C(F)C(=O)N2CCSC2=O)cc1. The van der Waals surface area contributed by atoms with Crippen molar-refractivity contribution in [1.82, 2.24) is 4.90 Å². The summed E-state index contributed by atoms with van der Waals surface area (Å²) in [6.07, 6.45) is -1.81. The van der Waals surface area contributed by atoms with Crippen LogP contribution in [0.1, 0.15) is 11.7 Å². The van der Waals surface area contributed by atoms with Gasteiger partial charge in [-0.3, -0.25) is 14.5 Å². The van der Waals surface area contributed by atoms with Crippen LogP contribution in [0.2, 0.25) is 0 Å². The first-order chi connectivity index (χ1) is 8.63. The van der Waals surface area contributed by atoms with E-state index in [-0.39, 0.29) is 17.3 Å². The molecule has 1 fully saturated rings. The Morgan fingerprint density at radius 1 is 1.44 bits per heavy atom. The number of hydrogen-bond donors (Lipinski definition) is 0. The first-order valence-corrected chi connectivity index (χ1v) is 6.38. The lowest BCUT2D eigenvalue weighted by molar-refractivity contribution is -0.132. The summed E-state index contributed by atoms with van der Waals surface area (Å²) < 4.78 is 18.9. The van der Waals surface area contributed by atoms with Crippen molar-refractivity contribution in [2.75, 3.05) is 19.4 Å². The third-order valence-electron chi connectivity index (χ3n) is 2.65. The van der Waals surface area contributed by atoms with Crippen LogP contribution in [0, 0.1) is 0 Å². The summed E-state index contributed by atoms with van der Waals surface area (Å²) >= 11 is 1.03. The summed E-state index contributed by atoms with van der Waals surface area (Å²) in [6, 6.07) is 6.12. The van der Waals surface area contributed by atoms with E-state index in [1.165, 1.54) is 19.2 Å². The minimum absolute atomic E-state index is 0.227. The van der Waals surface area contributed by atoms with Crippen molar-refractivity contribution >= 4 is 22.9 Å². The number of ether oxygens (including phenoxy) is 1. The molecule has 1 aromatic rings. The molecule has 0 bridgehead atoms. The number of alkyl halides is 1. The molecule has 0 radical (unpaired) electrons. The van der Waals surface area contributed by atoms with E-state index >= 15 is 0 Å². The molecule has 1 aromatic carbocycles. The number of thioether (sulfide) groups is 1. The molecule has 1 aliphatic rings. The van der Waals surface area contributed by atoms with Crippen molar-refractivity contribution in [1.29, 1.82) is 0 Å². The molecule has 6 heteroatoms. The van der Waals surface area contributed by atoms with Crippen LogP contribution in [0.5, 0.6) is 5.75 Å². The lowest BCUT2D eigenvalue weighted by atomic mass is 10.1. The molecule has 4 nitrogen and oxygen atoms in total. The van der Waals surface area contributed by atoms with Crippen molar-refractivity contribution in [3.8, 4) is 5.75 Å². The highest BCUT2D eigenvalue weighted by Crippen LogP contribution is 2.26. The van der Waals surface area contributed by atoms with Gasteiger partial charge in [0.15, 0.2) is 0 Å². The minimum Gasteiger partial charge on any atom is -0.497 e. The van der Waals surface area contributed by atoms with Crippen molar-refractivity contribution in [3.05, 3.63) is 29.8 Å². The van der Waals surface area contributed by atoms with Crippen LogP contribution in [0.25, 0.3) is 0 Å². The number of imide groups is 1. The lowest BCUT2D eigenvalue weighted by Crippen LogP contribution is -2.33. The molecule has 1 atom stereocenters. The predicted octanol–water partition coefficient (Wildman–Crippen LogP) is 2.40. The van der Waals surface area contributed by atoms with Crippen LogP contribution in [-0.2, 0) is 4.79 Å². The number of rotatable bonds is 3. The smallest absolute Gasteiger partial charge is 0.288 e. The quantitative estimate of drug-likeness (QED) is 0.845. The molecule has 96 valence electrons. The average Bonchev–Trinajstić information content (AvgIpc) is 2.83. The highest BCUT2D eigenvalue weighted by Gasteiger charge is 2.33. The summed E-state index contributed by atoms with van der Waals surface area (Å²) in [6.45, 7) is 0.277. The summed E-state index contributed by atoms with van der Waals surface area (Å²) in [5.41, 5.74) is 0.227. The Morgan fingerprint density at radius 3 is 2.61 bits per heavy atom. The van der Waals surface area contributed by atoms with E-state index in [1.807, 2.05) is 0 Å². The van der Waals surface area contributed by atoms with E-state index in [2.05, 4.69) is 0 Å². The fraction of sp³-hybridized carbons (Fsp3) is 0.333. The fourth-order valence-electron chi connectivity index (χ4n) is 1.65. The van der Waals surface area contributed by atoms with Crippen molar-refractivity contribution in [2.45, 2.75) is 6.17 Å². The number of carbonyl (C=O) groups excluding carboxylic acids is 2. The van der Waals surface area contributed by atoms with Crippen molar-refractivity contribution < 1.29 is 18.7 Å². The van der Waals surface area contributed by atoms with E-state index in [9.17, 15) is 14.0 Å². The predicted molar refractivity (Wildman–Crippen MR) is 66.4 cm³/mol. The zero-order chi connectivity index (χ0) is 13.1. The van der Waals surface area contributed by atoms with Gasteiger partial charge >= 0.3 is 0 Å². The Bertz CT molecular complexity index is 463. The van der Waals surface area contributed by atoms with Gasteiger partial charge in [0, 0.05) is 12.3 Å². The first kappa shape index (κ1) is 12.9. The molecule has 0 N–H and O–H groups in total. The Kier molecular flexibility index (Phi) is 3.86. The molecule has 2 amide bonds. The molecule has 1 aliphatic heterocycles. The average molecular weight is 269 g/mol. The van der Waals surface area contributed by atoms with Gasteiger partial charge in [-0.05, 0) is 17.7 Å². The molecular weight excluding hydrogens is 257 g/mol. The lowest BCUT2D eigenvalue weighted by Gasteiger charge is -2.16. The number of amides is 2. The maximum Gasteiger partial charge on any atom is 0.288 e. The van der Waals surface area contributed by atoms with Gasteiger partial charge in [0.25, 0.3) is 11.1 Å². The van der Waals surface area contributed by atoms with E-state index < -0.39 is 12.1 Å². The van der Waals surface area contributed by atoms with E-state index in [0.717, 1.165) is 16.7 Å². The van der Waals surface area contributed by atoms with Gasteiger partial charge in [0.05, 0.1) is 7.11 Å². The third-order valence-corrected chi connectivity index (χ3v) is 3.51. The molecule has 18 heavy (non-hydrogen) atoms. The molecule has 0 aromatic heterocycles. The third kappa shape index (κ3) is 2.48. The van der Waals surface area contributed by atoms with E-state index in [1.54, 1.807) is 12.1 Å². The Balaban J connectivity index is 2.12. The summed E-state index contributed by atoms with van der Waals surface area (Å²) in [7, 11) is 1.51. The second-order valence-corrected chi connectivity index (χ2v) is 4.79. The highest BCUT2D eigenvalue weighted by atomic mass is 32.2. The fourth-order valence-corrected chi connectivity index (χ4v) is 2.43. The number of halogens is 1. The van der Waals surface area contributed by atoms with Crippen LogP contribution < -0.4 is 4.74 Å². The second kappa shape index (κ2) is 5.39. The standard InChI is InChI=1S/C12H12FNO3S/c1-17-9-4-2-8(3-5-9)10(13)11(15)14-6-7-18-12(14)16/h2-5,10H,6-7H2,1H3. The molecule has 0 aliphatic carbocycles. The number of methoxy groups -OCH3 is 1. The van der Waals surface area contributed by atoms with Gasteiger partial charge in [0.1, 0.15) is 5.75 Å². The van der Waals surface area contributed by atoms with Gasteiger partial charge in [-0.25, -0.2) is 4.39 Å². The zero-order valence-corrected chi connectivity index (χ0v) is 10.6. The number of carbonyl (C=O) groups is 2. The largest absolute Gasteiger partial charge is 0.497 e. The van der Waals surface area contributed by atoms with Gasteiger partial charge in [-0.15, -0.1) is 0 Å². The maximum atomic E-state index is 14.0. The normalized spacial score (nSPS) is 16.8. The van der Waals surface area contributed by atoms with Crippen LogP contribution in [0.3, 0.4) is 0 Å². The van der Waals surface area contributed by atoms with Crippen LogP contribution in [0.4, 0.5) is 9.18 Å². The molecule has 0 spiro atoms. The van der Waals surface area contributed by atoms with Gasteiger partial charge < -0.3 is 4.74 Å². The Labute approximate surface area is 108 Å². The molecule has 1 saturated heterocycles. The van der Waals surface area contributed by atoms with Gasteiger partial charge in [-0.1, -0.05) is 23.9 Å². The van der Waals surface area contributed by atoms with Gasteiger partial charge in [0.2, 0.25) is 6.17 Å². The van der Waals surface area contributed by atoms with Crippen LogP contribution in [-0.4, -0.2) is 35.5 Å². The summed E-state index contributed by atoms with van der Waals surface area (Å²) in [5, 5.41) is -0.379. The van der Waals surface area contributed by atoms with Gasteiger partial charge in [-0.2, -0.15) is 0 Å². The highest BCUT2D eigenvalue weighted by molar-refractivity contribution is 8.13. The molecular formula is C12H12FNO3S. The van der Waals surface area contributed by atoms with Crippen LogP contribution in [0.15, 0.2) is 24.3 Å². The number of benzene rings is 1. The maximum absolute atomic E-state index is 14.0. The molecule has 1 unspecified atom stereocenters. The topological polar surface area (TPSA) is 46.6 Å². The monoisotopic (exact) mass is 269 g/mol. The van der Waals surface area contributed by atoms with Crippen LogP contribution >= 0.6 is 11.8 Å². The van der Waals surface area contributed by atoms with E-state index in [0.29, 0.717) is 11.5 Å². The Morgan fingerprint density at radius 2 is 2.11 bits per heavy atom.